The fraction of sp³-hybridized carbons (Fsp3) is 0.263. The van der Waals surface area contributed by atoms with Crippen molar-refractivity contribution in [3.05, 3.63) is 58.6 Å². The zero-order chi connectivity index (χ0) is 18.0. The quantitative estimate of drug-likeness (QED) is 0.681. The molecule has 0 saturated carbocycles. The van der Waals surface area contributed by atoms with E-state index in [4.69, 9.17) is 11.6 Å². The van der Waals surface area contributed by atoms with E-state index < -0.39 is 0 Å². The fourth-order valence-corrected chi connectivity index (χ4v) is 3.21. The Morgan fingerprint density at radius 1 is 1.20 bits per heavy atom. The SMILES string of the molecule is CC(C)[C@@H](C)NC(=O)c1cc(-c2cccs2)nn1-c1cccc(Cl)c1. The molecule has 0 aliphatic carbocycles. The molecule has 2 aromatic heterocycles. The number of rotatable bonds is 5. The molecule has 0 aliphatic heterocycles. The maximum atomic E-state index is 12.8. The van der Waals surface area contributed by atoms with Crippen molar-refractivity contribution in [2.75, 3.05) is 0 Å². The van der Waals surface area contributed by atoms with Crippen LogP contribution in [0, 0.1) is 5.92 Å². The highest BCUT2D eigenvalue weighted by Gasteiger charge is 2.20. The second kappa shape index (κ2) is 7.42. The first-order valence-corrected chi connectivity index (χ1v) is 9.42. The molecule has 1 atom stereocenters. The standard InChI is InChI=1S/C19H20ClN3OS/c1-12(2)13(3)21-19(24)17-11-16(18-8-5-9-25-18)22-23(17)15-7-4-6-14(20)10-15/h4-13H,1-3H3,(H,21,24)/t13-/m1/s1. The summed E-state index contributed by atoms with van der Waals surface area (Å²) < 4.78 is 1.66. The van der Waals surface area contributed by atoms with E-state index in [1.165, 1.54) is 0 Å². The first kappa shape index (κ1) is 17.7. The third kappa shape index (κ3) is 3.94. The van der Waals surface area contributed by atoms with Crippen molar-refractivity contribution in [2.45, 2.75) is 26.8 Å². The third-order valence-electron chi connectivity index (χ3n) is 4.13. The number of nitrogens with one attached hydrogen (secondary N) is 1. The van der Waals surface area contributed by atoms with Gasteiger partial charge in [0.05, 0.1) is 10.6 Å². The molecular weight excluding hydrogens is 354 g/mol. The van der Waals surface area contributed by atoms with Crippen molar-refractivity contribution < 1.29 is 4.79 Å². The van der Waals surface area contributed by atoms with Crippen LogP contribution < -0.4 is 5.32 Å². The molecule has 0 unspecified atom stereocenters. The Bertz CT molecular complexity index is 871. The molecule has 3 aromatic rings. The van der Waals surface area contributed by atoms with Gasteiger partial charge in [0.15, 0.2) is 0 Å². The maximum Gasteiger partial charge on any atom is 0.270 e. The molecule has 25 heavy (non-hydrogen) atoms. The zero-order valence-corrected chi connectivity index (χ0v) is 15.9. The summed E-state index contributed by atoms with van der Waals surface area (Å²) in [5, 5.41) is 10.3. The second-order valence-electron chi connectivity index (χ2n) is 6.29. The number of hydrogen-bond donors (Lipinski definition) is 1. The largest absolute Gasteiger partial charge is 0.348 e. The van der Waals surface area contributed by atoms with Crippen LogP contribution in [0.25, 0.3) is 16.3 Å². The molecule has 130 valence electrons. The van der Waals surface area contributed by atoms with Gasteiger partial charge in [0, 0.05) is 11.1 Å². The summed E-state index contributed by atoms with van der Waals surface area (Å²) >= 11 is 7.71. The molecule has 0 fully saturated rings. The molecule has 0 aliphatic rings. The van der Waals surface area contributed by atoms with Crippen LogP contribution in [0.1, 0.15) is 31.3 Å². The van der Waals surface area contributed by atoms with Gasteiger partial charge in [-0.1, -0.05) is 37.6 Å². The van der Waals surface area contributed by atoms with E-state index in [9.17, 15) is 4.79 Å². The topological polar surface area (TPSA) is 46.9 Å². The molecule has 1 amide bonds. The molecular formula is C19H20ClN3OS. The number of nitrogens with zero attached hydrogens (tertiary/aromatic N) is 2. The summed E-state index contributed by atoms with van der Waals surface area (Å²) in [6.07, 6.45) is 0. The van der Waals surface area contributed by atoms with E-state index >= 15 is 0 Å². The number of carbonyl (C=O) groups excluding carboxylic acids is 1. The van der Waals surface area contributed by atoms with Crippen LogP contribution >= 0.6 is 22.9 Å². The summed E-state index contributed by atoms with van der Waals surface area (Å²) in [5.41, 5.74) is 2.04. The Labute approximate surface area is 156 Å². The second-order valence-corrected chi connectivity index (χ2v) is 7.67. The number of amides is 1. The maximum absolute atomic E-state index is 12.8. The Balaban J connectivity index is 2.04. The van der Waals surface area contributed by atoms with Gasteiger partial charge in [0.25, 0.3) is 5.91 Å². The first-order valence-electron chi connectivity index (χ1n) is 8.16. The van der Waals surface area contributed by atoms with Gasteiger partial charge in [-0.2, -0.15) is 5.10 Å². The summed E-state index contributed by atoms with van der Waals surface area (Å²) in [5.74, 6) is 0.208. The van der Waals surface area contributed by atoms with Gasteiger partial charge in [0.1, 0.15) is 11.4 Å². The highest BCUT2D eigenvalue weighted by atomic mass is 35.5. The minimum absolute atomic E-state index is 0.0698. The van der Waals surface area contributed by atoms with Crippen LogP contribution in [0.3, 0.4) is 0 Å². The molecule has 0 radical (unpaired) electrons. The Morgan fingerprint density at radius 3 is 2.64 bits per heavy atom. The fourth-order valence-electron chi connectivity index (χ4n) is 2.34. The number of benzene rings is 1. The van der Waals surface area contributed by atoms with E-state index in [0.29, 0.717) is 16.6 Å². The highest BCUT2D eigenvalue weighted by molar-refractivity contribution is 7.13. The number of hydrogen-bond acceptors (Lipinski definition) is 3. The molecule has 0 saturated heterocycles. The van der Waals surface area contributed by atoms with Gasteiger partial charge < -0.3 is 5.32 Å². The molecule has 3 rings (SSSR count). The van der Waals surface area contributed by atoms with Gasteiger partial charge >= 0.3 is 0 Å². The lowest BCUT2D eigenvalue weighted by Crippen LogP contribution is -2.37. The van der Waals surface area contributed by atoms with Crippen LogP contribution in [0.5, 0.6) is 0 Å². The summed E-state index contributed by atoms with van der Waals surface area (Å²) in [7, 11) is 0. The van der Waals surface area contributed by atoms with Crippen LogP contribution in [-0.2, 0) is 0 Å². The number of aromatic nitrogens is 2. The average molecular weight is 374 g/mol. The zero-order valence-electron chi connectivity index (χ0n) is 14.4. The summed E-state index contributed by atoms with van der Waals surface area (Å²) in [6, 6.07) is 13.2. The van der Waals surface area contributed by atoms with E-state index in [1.807, 2.05) is 42.6 Å². The van der Waals surface area contributed by atoms with E-state index in [-0.39, 0.29) is 11.9 Å². The lowest BCUT2D eigenvalue weighted by molar-refractivity contribution is 0.0922. The lowest BCUT2D eigenvalue weighted by Gasteiger charge is -2.17. The van der Waals surface area contributed by atoms with Gasteiger partial charge in [0.2, 0.25) is 0 Å². The van der Waals surface area contributed by atoms with E-state index in [2.05, 4.69) is 24.3 Å². The summed E-state index contributed by atoms with van der Waals surface area (Å²) in [4.78, 5) is 13.8. The molecule has 0 spiro atoms. The van der Waals surface area contributed by atoms with E-state index in [1.54, 1.807) is 28.2 Å². The lowest BCUT2D eigenvalue weighted by atomic mass is 10.1. The molecule has 0 bridgehead atoms. The minimum Gasteiger partial charge on any atom is -0.348 e. The minimum atomic E-state index is -0.142. The Kier molecular flexibility index (Phi) is 5.25. The van der Waals surface area contributed by atoms with Crippen molar-refractivity contribution in [1.29, 1.82) is 0 Å². The van der Waals surface area contributed by atoms with Gasteiger partial charge in [-0.3, -0.25) is 4.79 Å². The van der Waals surface area contributed by atoms with Gasteiger partial charge in [-0.05, 0) is 48.6 Å². The van der Waals surface area contributed by atoms with Crippen LogP contribution in [-0.4, -0.2) is 21.7 Å². The van der Waals surface area contributed by atoms with Crippen LogP contribution in [0.4, 0.5) is 0 Å². The number of carbonyl (C=O) groups is 1. The van der Waals surface area contributed by atoms with Crippen molar-refractivity contribution in [1.82, 2.24) is 15.1 Å². The van der Waals surface area contributed by atoms with Gasteiger partial charge in [-0.15, -0.1) is 11.3 Å². The molecule has 6 heteroatoms. The Hall–Kier alpha value is -2.11. The van der Waals surface area contributed by atoms with Crippen LogP contribution in [0.15, 0.2) is 47.8 Å². The van der Waals surface area contributed by atoms with Crippen molar-refractivity contribution in [3.63, 3.8) is 0 Å². The normalized spacial score (nSPS) is 12.4. The highest BCUT2D eigenvalue weighted by Crippen LogP contribution is 2.26. The van der Waals surface area contributed by atoms with E-state index in [0.717, 1.165) is 16.3 Å². The van der Waals surface area contributed by atoms with Crippen molar-refractivity contribution >= 4 is 28.8 Å². The molecule has 2 heterocycles. The number of thiophene rings is 1. The molecule has 1 aromatic carbocycles. The predicted molar refractivity (Wildman–Crippen MR) is 104 cm³/mol. The Morgan fingerprint density at radius 2 is 2.00 bits per heavy atom. The van der Waals surface area contributed by atoms with Crippen molar-refractivity contribution in [2.24, 2.45) is 5.92 Å². The van der Waals surface area contributed by atoms with Crippen LogP contribution in [0.2, 0.25) is 5.02 Å². The molecule has 1 N–H and O–H groups in total. The third-order valence-corrected chi connectivity index (χ3v) is 5.25. The van der Waals surface area contributed by atoms with Gasteiger partial charge in [-0.25, -0.2) is 4.68 Å². The monoisotopic (exact) mass is 373 g/mol. The smallest absolute Gasteiger partial charge is 0.270 e. The predicted octanol–water partition coefficient (Wildman–Crippen LogP) is 5.03. The average Bonchev–Trinajstić information content (AvgIpc) is 3.24. The molecule has 4 nitrogen and oxygen atoms in total. The number of halogens is 1. The first-order chi connectivity index (χ1) is 12.0. The van der Waals surface area contributed by atoms with Crippen molar-refractivity contribution in [3.8, 4) is 16.3 Å². The summed E-state index contributed by atoms with van der Waals surface area (Å²) in [6.45, 7) is 6.16.